The summed E-state index contributed by atoms with van der Waals surface area (Å²) in [6.45, 7) is 20.3. The van der Waals surface area contributed by atoms with Crippen molar-refractivity contribution >= 4 is 27.0 Å². The van der Waals surface area contributed by atoms with Crippen molar-refractivity contribution in [2.24, 2.45) is 0 Å². The van der Waals surface area contributed by atoms with Gasteiger partial charge in [-0.3, -0.25) is 4.57 Å². The molecular weight excluding hydrogens is 580 g/mol. The molecule has 0 bridgehead atoms. The minimum atomic E-state index is -0.123. The Morgan fingerprint density at radius 3 is 1.90 bits per heavy atom. The maximum absolute atomic E-state index is 6.26. The second-order valence-corrected chi connectivity index (χ2v) is 15.2. The lowest BCUT2D eigenvalue weighted by atomic mass is 9.78. The van der Waals surface area contributed by atoms with Crippen LogP contribution in [0.2, 0.25) is 0 Å². The number of hydrogen-bond donors (Lipinski definition) is 0. The van der Waals surface area contributed by atoms with Crippen molar-refractivity contribution in [2.75, 3.05) is 7.11 Å². The summed E-state index contributed by atoms with van der Waals surface area (Å²) in [6, 6.07) is 28.5. The fourth-order valence-corrected chi connectivity index (χ4v) is 5.99. The molecule has 0 spiro atoms. The zero-order valence-electron chi connectivity index (χ0n) is 26.7. The number of nitrogens with zero attached hydrogens (tertiary/aromatic N) is 2. The maximum atomic E-state index is 6.26. The Bertz CT molecular complexity index is 1760. The van der Waals surface area contributed by atoms with E-state index >= 15 is 0 Å². The molecule has 0 saturated carbocycles. The van der Waals surface area contributed by atoms with E-state index < -0.39 is 0 Å². The minimum absolute atomic E-state index is 0.0107. The van der Waals surface area contributed by atoms with Gasteiger partial charge < -0.3 is 4.74 Å². The Labute approximate surface area is 260 Å². The average Bonchev–Trinajstić information content (AvgIpc) is 3.31. The highest BCUT2D eigenvalue weighted by atomic mass is 79.9. The third-order valence-electron chi connectivity index (χ3n) is 8.03. The van der Waals surface area contributed by atoms with E-state index in [2.05, 4.69) is 162 Å². The lowest BCUT2D eigenvalue weighted by Gasteiger charge is -2.29. The Morgan fingerprint density at radius 1 is 0.667 bits per heavy atom. The molecule has 1 aromatic heterocycles. The van der Waals surface area contributed by atoms with E-state index in [1.165, 1.54) is 27.8 Å². The molecule has 42 heavy (non-hydrogen) atoms. The molecular formula is C38H43BrN2O. The Hall–Kier alpha value is -3.37. The van der Waals surface area contributed by atoms with Crippen LogP contribution in [-0.4, -0.2) is 16.7 Å². The van der Waals surface area contributed by atoms with Crippen LogP contribution >= 0.6 is 15.9 Å². The highest BCUT2D eigenvalue weighted by Crippen LogP contribution is 2.45. The number of ether oxygens (including phenoxy) is 1. The molecule has 3 nitrogen and oxygen atoms in total. The quantitative estimate of drug-likeness (QED) is 0.199. The summed E-state index contributed by atoms with van der Waals surface area (Å²) in [7, 11) is 1.78. The van der Waals surface area contributed by atoms with Crippen molar-refractivity contribution in [2.45, 2.75) is 78.6 Å². The van der Waals surface area contributed by atoms with Crippen molar-refractivity contribution in [3.05, 3.63) is 100 Å². The third-order valence-corrected chi connectivity index (χ3v) is 8.67. The van der Waals surface area contributed by atoms with Crippen LogP contribution in [0.1, 0.15) is 79.0 Å². The molecule has 1 heterocycles. The average molecular weight is 624 g/mol. The van der Waals surface area contributed by atoms with E-state index in [0.717, 1.165) is 38.3 Å². The number of methoxy groups -OCH3 is 1. The third kappa shape index (κ3) is 5.54. The number of para-hydroxylation sites is 1. The number of hydrogen-bond acceptors (Lipinski definition) is 2. The monoisotopic (exact) mass is 622 g/mol. The van der Waals surface area contributed by atoms with Crippen LogP contribution in [0.3, 0.4) is 0 Å². The van der Waals surface area contributed by atoms with Gasteiger partial charge in [-0.25, -0.2) is 4.98 Å². The van der Waals surface area contributed by atoms with Gasteiger partial charge in [0.25, 0.3) is 0 Å². The van der Waals surface area contributed by atoms with Gasteiger partial charge in [0.15, 0.2) is 0 Å². The normalized spacial score (nSPS) is 12.6. The predicted molar refractivity (Wildman–Crippen MR) is 182 cm³/mol. The first-order valence-electron chi connectivity index (χ1n) is 14.7. The van der Waals surface area contributed by atoms with E-state index in [1.54, 1.807) is 7.11 Å². The summed E-state index contributed by atoms with van der Waals surface area (Å²) in [6.07, 6.45) is 0. The molecule has 0 aliphatic rings. The van der Waals surface area contributed by atoms with Crippen LogP contribution in [0.4, 0.5) is 0 Å². The standard InChI is InChI=1S/C38H43BrN2O/c1-36(2,3)25-19-20-31(27(21-25)24-15-12-11-13-16-24)41-32-18-14-17-30(39)33(32)40-35(41)28-22-26(37(4,5)6)23-29(34(28)42-10)38(7,8)9/h11-23H,1-10H3. The Kier molecular flexibility index (Phi) is 7.68. The Morgan fingerprint density at radius 2 is 1.31 bits per heavy atom. The molecule has 0 unspecified atom stereocenters. The number of rotatable bonds is 4. The molecule has 0 saturated heterocycles. The number of imidazole rings is 1. The molecule has 5 rings (SSSR count). The van der Waals surface area contributed by atoms with E-state index in [4.69, 9.17) is 9.72 Å². The maximum Gasteiger partial charge on any atom is 0.149 e. The SMILES string of the molecule is COc1c(-c2nc3c(Br)cccc3n2-c2ccc(C(C)(C)C)cc2-c2ccccc2)cc(C(C)(C)C)cc1C(C)(C)C. The second kappa shape index (κ2) is 10.7. The molecule has 5 aromatic rings. The first-order chi connectivity index (χ1) is 19.6. The summed E-state index contributed by atoms with van der Waals surface area (Å²) >= 11 is 3.81. The summed E-state index contributed by atoms with van der Waals surface area (Å²) in [5, 5.41) is 0. The second-order valence-electron chi connectivity index (χ2n) is 14.3. The predicted octanol–water partition coefficient (Wildman–Crippen LogP) is 11.0. The van der Waals surface area contributed by atoms with Crippen molar-refractivity contribution < 1.29 is 4.74 Å². The van der Waals surface area contributed by atoms with Gasteiger partial charge in [0.05, 0.1) is 23.9 Å². The highest BCUT2D eigenvalue weighted by Gasteiger charge is 2.30. The van der Waals surface area contributed by atoms with E-state index in [-0.39, 0.29) is 16.2 Å². The molecule has 0 aliphatic heterocycles. The minimum Gasteiger partial charge on any atom is -0.496 e. The van der Waals surface area contributed by atoms with E-state index in [9.17, 15) is 0 Å². The molecule has 0 radical (unpaired) electrons. The molecule has 0 N–H and O–H groups in total. The zero-order chi connectivity index (χ0) is 30.6. The molecule has 0 amide bonds. The van der Waals surface area contributed by atoms with Gasteiger partial charge in [-0.05, 0) is 79.2 Å². The van der Waals surface area contributed by atoms with Crippen molar-refractivity contribution in [1.29, 1.82) is 0 Å². The number of halogens is 1. The molecule has 218 valence electrons. The van der Waals surface area contributed by atoms with Crippen LogP contribution in [0.5, 0.6) is 5.75 Å². The Balaban J connectivity index is 1.96. The van der Waals surface area contributed by atoms with Gasteiger partial charge in [0.1, 0.15) is 17.1 Å². The number of fused-ring (bicyclic) bond motifs is 1. The zero-order valence-corrected chi connectivity index (χ0v) is 28.3. The number of benzene rings is 4. The van der Waals surface area contributed by atoms with Crippen LogP contribution in [0.15, 0.2) is 83.3 Å². The fourth-order valence-electron chi connectivity index (χ4n) is 5.54. The highest BCUT2D eigenvalue weighted by molar-refractivity contribution is 9.10. The summed E-state index contributed by atoms with van der Waals surface area (Å²) in [4.78, 5) is 5.36. The lowest BCUT2D eigenvalue weighted by Crippen LogP contribution is -2.18. The summed E-state index contributed by atoms with van der Waals surface area (Å²) in [5.74, 6) is 1.74. The van der Waals surface area contributed by atoms with E-state index in [1.807, 2.05) is 0 Å². The summed E-state index contributed by atoms with van der Waals surface area (Å²) < 4.78 is 9.55. The van der Waals surface area contributed by atoms with Crippen molar-refractivity contribution in [3.8, 4) is 34.0 Å². The van der Waals surface area contributed by atoms with Gasteiger partial charge in [-0.2, -0.15) is 0 Å². The molecule has 0 atom stereocenters. The number of aromatic nitrogens is 2. The molecule has 0 aliphatic carbocycles. The van der Waals surface area contributed by atoms with Gasteiger partial charge in [0, 0.05) is 15.6 Å². The molecule has 4 heteroatoms. The lowest BCUT2D eigenvalue weighted by molar-refractivity contribution is 0.398. The van der Waals surface area contributed by atoms with Crippen LogP contribution < -0.4 is 4.74 Å². The van der Waals surface area contributed by atoms with E-state index in [0.29, 0.717) is 0 Å². The van der Waals surface area contributed by atoms with Gasteiger partial charge in [-0.1, -0.05) is 111 Å². The largest absolute Gasteiger partial charge is 0.496 e. The van der Waals surface area contributed by atoms with Gasteiger partial charge >= 0.3 is 0 Å². The smallest absolute Gasteiger partial charge is 0.149 e. The topological polar surface area (TPSA) is 27.1 Å². The molecule has 0 fully saturated rings. The van der Waals surface area contributed by atoms with Crippen LogP contribution in [-0.2, 0) is 16.2 Å². The van der Waals surface area contributed by atoms with Gasteiger partial charge in [0.2, 0.25) is 0 Å². The van der Waals surface area contributed by atoms with Crippen molar-refractivity contribution in [1.82, 2.24) is 9.55 Å². The molecule has 4 aromatic carbocycles. The summed E-state index contributed by atoms with van der Waals surface area (Å²) in [5.41, 5.74) is 9.96. The fraction of sp³-hybridized carbons (Fsp3) is 0.342. The van der Waals surface area contributed by atoms with Crippen LogP contribution in [0.25, 0.3) is 39.2 Å². The van der Waals surface area contributed by atoms with Crippen LogP contribution in [0, 0.1) is 0 Å². The first kappa shape index (κ1) is 30.1. The van der Waals surface area contributed by atoms with Gasteiger partial charge in [-0.15, -0.1) is 0 Å². The first-order valence-corrected chi connectivity index (χ1v) is 15.5. The van der Waals surface area contributed by atoms with Crippen molar-refractivity contribution in [3.63, 3.8) is 0 Å².